The molecule has 3 rings (SSSR count). The number of fused-ring (bicyclic) bond motifs is 1. The summed E-state index contributed by atoms with van der Waals surface area (Å²) in [5.41, 5.74) is 1.30. The second-order valence-electron chi connectivity index (χ2n) is 4.89. The first-order valence-electron chi connectivity index (χ1n) is 6.70. The fourth-order valence-corrected chi connectivity index (χ4v) is 2.29. The Morgan fingerprint density at radius 1 is 1.27 bits per heavy atom. The Labute approximate surface area is 125 Å². The van der Waals surface area contributed by atoms with E-state index in [1.165, 1.54) is 16.5 Å². The third-order valence-electron chi connectivity index (χ3n) is 3.40. The van der Waals surface area contributed by atoms with Crippen molar-refractivity contribution in [3.05, 3.63) is 70.2 Å². The molecule has 0 radical (unpaired) electrons. The maximum atomic E-state index is 13.0. The highest BCUT2D eigenvalue weighted by Crippen LogP contribution is 2.28. The fraction of sp³-hybridized carbons (Fsp3) is 0.133. The van der Waals surface area contributed by atoms with Crippen LogP contribution in [0, 0.1) is 15.9 Å². The van der Waals surface area contributed by atoms with Crippen LogP contribution < -0.4 is 5.32 Å². The molecule has 0 amide bonds. The molecule has 2 heterocycles. The minimum absolute atomic E-state index is 0.121. The Morgan fingerprint density at radius 3 is 2.68 bits per heavy atom. The van der Waals surface area contributed by atoms with Crippen LogP contribution in [0.1, 0.15) is 18.5 Å². The van der Waals surface area contributed by atoms with E-state index >= 15 is 0 Å². The predicted molar refractivity (Wildman–Crippen MR) is 80.3 cm³/mol. The molecule has 0 bridgehead atoms. The first-order chi connectivity index (χ1) is 10.6. The molecule has 0 aliphatic carbocycles. The number of anilines is 1. The van der Waals surface area contributed by atoms with E-state index in [1.807, 2.05) is 6.92 Å². The molecule has 0 aliphatic rings. The largest absolute Gasteiger partial charge is 0.372 e. The molecule has 0 saturated carbocycles. The van der Waals surface area contributed by atoms with Crippen molar-refractivity contribution in [2.24, 2.45) is 0 Å². The highest BCUT2D eigenvalue weighted by atomic mass is 19.1. The van der Waals surface area contributed by atoms with Crippen molar-refractivity contribution in [2.75, 3.05) is 5.32 Å². The van der Waals surface area contributed by atoms with Crippen molar-refractivity contribution in [3.8, 4) is 0 Å². The number of pyridine rings is 1. The van der Waals surface area contributed by atoms with Crippen molar-refractivity contribution in [1.29, 1.82) is 0 Å². The Hall–Kier alpha value is -2.96. The van der Waals surface area contributed by atoms with E-state index < -0.39 is 4.92 Å². The van der Waals surface area contributed by atoms with Gasteiger partial charge in [0.2, 0.25) is 11.5 Å². The van der Waals surface area contributed by atoms with Gasteiger partial charge in [0.15, 0.2) is 0 Å². The average molecular weight is 300 g/mol. The lowest BCUT2D eigenvalue weighted by atomic mass is 10.1. The van der Waals surface area contributed by atoms with Crippen molar-refractivity contribution < 1.29 is 9.31 Å². The van der Waals surface area contributed by atoms with Gasteiger partial charge in [-0.1, -0.05) is 18.2 Å². The molecule has 1 unspecified atom stereocenters. The zero-order valence-electron chi connectivity index (χ0n) is 11.7. The second kappa shape index (κ2) is 5.44. The van der Waals surface area contributed by atoms with E-state index in [4.69, 9.17) is 0 Å². The van der Waals surface area contributed by atoms with Crippen LogP contribution in [-0.2, 0) is 0 Å². The molecule has 0 spiro atoms. The number of rotatable bonds is 4. The lowest BCUT2D eigenvalue weighted by Crippen LogP contribution is -2.08. The SMILES string of the molecule is CC(Nc1nc2ccccn2c1[N+](=O)[O-])c1ccc(F)cc1. The molecule has 2 aromatic heterocycles. The summed E-state index contributed by atoms with van der Waals surface area (Å²) in [5, 5.41) is 14.3. The number of hydrogen-bond acceptors (Lipinski definition) is 4. The van der Waals surface area contributed by atoms with E-state index in [9.17, 15) is 14.5 Å². The van der Waals surface area contributed by atoms with Crippen molar-refractivity contribution >= 4 is 17.3 Å². The molecule has 3 aromatic rings. The van der Waals surface area contributed by atoms with Gasteiger partial charge >= 0.3 is 5.82 Å². The van der Waals surface area contributed by atoms with Crippen LogP contribution in [0.15, 0.2) is 48.7 Å². The number of benzene rings is 1. The third-order valence-corrected chi connectivity index (χ3v) is 3.40. The first-order valence-corrected chi connectivity index (χ1v) is 6.70. The van der Waals surface area contributed by atoms with Crippen molar-refractivity contribution in [1.82, 2.24) is 9.38 Å². The summed E-state index contributed by atoms with van der Waals surface area (Å²) in [6.45, 7) is 1.83. The zero-order chi connectivity index (χ0) is 15.7. The Balaban J connectivity index is 1.98. The Morgan fingerprint density at radius 2 is 2.00 bits per heavy atom. The zero-order valence-corrected chi connectivity index (χ0v) is 11.7. The molecule has 22 heavy (non-hydrogen) atoms. The van der Waals surface area contributed by atoms with Crippen LogP contribution in [0.4, 0.5) is 16.0 Å². The van der Waals surface area contributed by atoms with Gasteiger partial charge in [-0.05, 0) is 35.6 Å². The van der Waals surface area contributed by atoms with Crippen LogP contribution in [-0.4, -0.2) is 14.3 Å². The summed E-state index contributed by atoms with van der Waals surface area (Å²) >= 11 is 0. The van der Waals surface area contributed by atoms with Crippen LogP contribution in [0.5, 0.6) is 0 Å². The Bertz CT molecular complexity index is 829. The predicted octanol–water partition coefficient (Wildman–Crippen LogP) is 3.55. The summed E-state index contributed by atoms with van der Waals surface area (Å²) in [6, 6.07) is 10.9. The van der Waals surface area contributed by atoms with Gasteiger partial charge in [-0.25, -0.2) is 4.39 Å². The second-order valence-corrected chi connectivity index (χ2v) is 4.89. The number of imidazole rings is 1. The molecular weight excluding hydrogens is 287 g/mol. The third kappa shape index (κ3) is 2.48. The summed E-state index contributed by atoms with van der Waals surface area (Å²) in [4.78, 5) is 15.1. The molecule has 1 aromatic carbocycles. The molecule has 7 heteroatoms. The lowest BCUT2D eigenvalue weighted by molar-refractivity contribution is -0.389. The minimum atomic E-state index is -0.473. The quantitative estimate of drug-likeness (QED) is 0.590. The van der Waals surface area contributed by atoms with Gasteiger partial charge in [0.1, 0.15) is 5.82 Å². The molecule has 112 valence electrons. The smallest absolute Gasteiger partial charge is 0.358 e. The van der Waals surface area contributed by atoms with Gasteiger partial charge in [0.25, 0.3) is 0 Å². The summed E-state index contributed by atoms with van der Waals surface area (Å²) in [7, 11) is 0. The summed E-state index contributed by atoms with van der Waals surface area (Å²) in [6.07, 6.45) is 1.59. The van der Waals surface area contributed by atoms with E-state index in [0.29, 0.717) is 5.65 Å². The van der Waals surface area contributed by atoms with E-state index in [1.54, 1.807) is 36.5 Å². The van der Waals surface area contributed by atoms with Gasteiger partial charge in [-0.15, -0.1) is 0 Å². The van der Waals surface area contributed by atoms with Crippen molar-refractivity contribution in [3.63, 3.8) is 0 Å². The highest BCUT2D eigenvalue weighted by molar-refractivity contribution is 5.62. The first kappa shape index (κ1) is 14.0. The average Bonchev–Trinajstić information content (AvgIpc) is 2.85. The monoisotopic (exact) mass is 300 g/mol. The molecule has 1 atom stereocenters. The molecule has 0 saturated heterocycles. The summed E-state index contributed by atoms with van der Waals surface area (Å²) < 4.78 is 14.4. The van der Waals surface area contributed by atoms with Crippen LogP contribution in [0.3, 0.4) is 0 Å². The van der Waals surface area contributed by atoms with E-state index in [0.717, 1.165) is 5.56 Å². The number of halogens is 1. The topological polar surface area (TPSA) is 72.5 Å². The van der Waals surface area contributed by atoms with Crippen LogP contribution >= 0.6 is 0 Å². The molecule has 0 fully saturated rings. The number of nitrogens with one attached hydrogen (secondary N) is 1. The Kier molecular flexibility index (Phi) is 3.46. The van der Waals surface area contributed by atoms with Crippen LogP contribution in [0.2, 0.25) is 0 Å². The minimum Gasteiger partial charge on any atom is -0.358 e. The van der Waals surface area contributed by atoms with Gasteiger partial charge < -0.3 is 15.4 Å². The lowest BCUT2D eigenvalue weighted by Gasteiger charge is -2.13. The number of aromatic nitrogens is 2. The fourth-order valence-electron chi connectivity index (χ4n) is 2.29. The maximum absolute atomic E-state index is 13.0. The molecule has 6 nitrogen and oxygen atoms in total. The maximum Gasteiger partial charge on any atom is 0.372 e. The summed E-state index contributed by atoms with van der Waals surface area (Å²) in [5.74, 6) is -0.257. The van der Waals surface area contributed by atoms with Gasteiger partial charge in [-0.3, -0.25) is 0 Å². The van der Waals surface area contributed by atoms with Gasteiger partial charge in [-0.2, -0.15) is 9.38 Å². The number of hydrogen-bond donors (Lipinski definition) is 1. The molecule has 0 aliphatic heterocycles. The molecule has 1 N–H and O–H groups in total. The van der Waals surface area contributed by atoms with Gasteiger partial charge in [0, 0.05) is 6.07 Å². The number of nitrogens with zero attached hydrogens (tertiary/aromatic N) is 3. The van der Waals surface area contributed by atoms with Crippen molar-refractivity contribution in [2.45, 2.75) is 13.0 Å². The normalized spacial score (nSPS) is 12.3. The van der Waals surface area contributed by atoms with E-state index in [2.05, 4.69) is 10.3 Å². The van der Waals surface area contributed by atoms with E-state index in [-0.39, 0.29) is 23.5 Å². The van der Waals surface area contributed by atoms with Gasteiger partial charge in [0.05, 0.1) is 12.2 Å². The number of nitro groups is 1. The molecular formula is C15H13FN4O2. The van der Waals surface area contributed by atoms with Crippen LogP contribution in [0.25, 0.3) is 5.65 Å². The highest BCUT2D eigenvalue weighted by Gasteiger charge is 2.23. The standard InChI is InChI=1S/C15H13FN4O2/c1-10(11-5-7-12(16)8-6-11)17-14-15(20(21)22)19-9-3-2-4-13(19)18-14/h2-10,17H,1H3.